The summed E-state index contributed by atoms with van der Waals surface area (Å²) in [6.45, 7) is -0.141. The van der Waals surface area contributed by atoms with E-state index in [1.807, 2.05) is 0 Å². The smallest absolute Gasteiger partial charge is 0.252 e. The molecule has 0 spiro atoms. The van der Waals surface area contributed by atoms with Gasteiger partial charge in [0.05, 0.1) is 11.0 Å². The second kappa shape index (κ2) is 18.8. The van der Waals surface area contributed by atoms with Gasteiger partial charge in [-0.15, -0.1) is 0 Å². The highest BCUT2D eigenvalue weighted by molar-refractivity contribution is 7.01. The molecule has 13 aromatic carbocycles. The van der Waals surface area contributed by atoms with E-state index in [2.05, 4.69) is 334 Å². The first-order chi connectivity index (χ1) is 42.2. The number of hydrogen-bond donors (Lipinski definition) is 0. The first-order valence-electron chi connectivity index (χ1n) is 29.5. The van der Waals surface area contributed by atoms with Crippen molar-refractivity contribution in [1.29, 1.82) is 0 Å². The van der Waals surface area contributed by atoms with Gasteiger partial charge in [0.1, 0.15) is 0 Å². The molecule has 0 atom stereocenters. The van der Waals surface area contributed by atoms with E-state index in [4.69, 9.17) is 0 Å². The summed E-state index contributed by atoms with van der Waals surface area (Å²) >= 11 is 0. The summed E-state index contributed by atoms with van der Waals surface area (Å²) in [6, 6.07) is 115. The number of benzene rings is 13. The van der Waals surface area contributed by atoms with Gasteiger partial charge in [-0.05, 0) is 164 Å². The van der Waals surface area contributed by atoms with Gasteiger partial charge in [-0.25, -0.2) is 0 Å². The van der Waals surface area contributed by atoms with Crippen LogP contribution in [0.1, 0.15) is 0 Å². The summed E-state index contributed by atoms with van der Waals surface area (Å²) in [7, 11) is 0. The topological polar surface area (TPSA) is 17.9 Å². The molecule has 0 saturated heterocycles. The van der Waals surface area contributed by atoms with Crippen molar-refractivity contribution in [2.45, 2.75) is 0 Å². The number of hydrogen-bond acceptors (Lipinski definition) is 4. The first-order valence-corrected chi connectivity index (χ1v) is 29.5. The zero-order valence-corrected chi connectivity index (χ0v) is 46.3. The van der Waals surface area contributed by atoms with Crippen molar-refractivity contribution in [3.63, 3.8) is 0 Å². The lowest BCUT2D eigenvalue weighted by molar-refractivity contribution is 1.17. The second-order valence-corrected chi connectivity index (χ2v) is 22.8. The molecular weight excluding hydrogens is 1030 g/mol. The van der Waals surface area contributed by atoms with Gasteiger partial charge in [0.15, 0.2) is 0 Å². The summed E-state index contributed by atoms with van der Waals surface area (Å²) in [5.74, 6) is 0. The molecule has 4 aliphatic rings. The molecule has 0 aliphatic carbocycles. The molecule has 0 saturated carbocycles. The van der Waals surface area contributed by atoms with Crippen LogP contribution in [0.2, 0.25) is 0 Å². The summed E-state index contributed by atoms with van der Waals surface area (Å²) in [4.78, 5) is 10.1. The lowest BCUT2D eigenvalue weighted by Crippen LogP contribution is -2.61. The maximum absolute atomic E-state index is 2.58. The van der Waals surface area contributed by atoms with E-state index in [9.17, 15) is 0 Å². The van der Waals surface area contributed by atoms with E-state index >= 15 is 0 Å². The number of fused-ring (bicyclic) bond motifs is 11. The largest absolute Gasteiger partial charge is 0.311 e. The predicted molar refractivity (Wildman–Crippen MR) is 360 cm³/mol. The molecule has 7 heteroatoms. The number of para-hydroxylation sites is 5. The van der Waals surface area contributed by atoms with Crippen LogP contribution in [0, 0.1) is 0 Å². The third kappa shape index (κ3) is 7.14. The molecule has 0 radical (unpaired) electrons. The fraction of sp³-hybridized carbons (Fsp3) is 0. The van der Waals surface area contributed by atoms with E-state index in [-0.39, 0.29) is 13.4 Å². The van der Waals surface area contributed by atoms with E-state index in [1.165, 1.54) is 111 Å². The highest BCUT2D eigenvalue weighted by Gasteiger charge is 2.46. The molecule has 0 unspecified atom stereocenters. The third-order valence-electron chi connectivity index (χ3n) is 18.3. The van der Waals surface area contributed by atoms with Crippen molar-refractivity contribution in [3.05, 3.63) is 309 Å². The molecule has 0 N–H and O–H groups in total. The number of anilines is 12. The Kier molecular flexibility index (Phi) is 10.5. The zero-order valence-electron chi connectivity index (χ0n) is 46.3. The molecule has 4 aliphatic heterocycles. The summed E-state index contributed by atoms with van der Waals surface area (Å²) < 4.78 is 2.54. The Bertz CT molecular complexity index is 4700. The van der Waals surface area contributed by atoms with Gasteiger partial charge in [-0.3, -0.25) is 0 Å². The van der Waals surface area contributed by atoms with Crippen molar-refractivity contribution in [2.75, 3.05) is 19.6 Å². The van der Waals surface area contributed by atoms with E-state index < -0.39 is 0 Å². The molecule has 0 bridgehead atoms. The van der Waals surface area contributed by atoms with Crippen molar-refractivity contribution < 1.29 is 0 Å². The molecule has 5 heterocycles. The Balaban J connectivity index is 0.953. The minimum atomic E-state index is -0.0703. The quantitative estimate of drug-likeness (QED) is 0.148. The van der Waals surface area contributed by atoms with Crippen LogP contribution in [0.4, 0.5) is 68.2 Å². The molecule has 394 valence electrons. The van der Waals surface area contributed by atoms with Gasteiger partial charge in [0.2, 0.25) is 0 Å². The zero-order chi connectivity index (χ0) is 55.7. The predicted octanol–water partition coefficient (Wildman–Crippen LogP) is 16.3. The van der Waals surface area contributed by atoms with Crippen LogP contribution in [0.15, 0.2) is 309 Å². The average Bonchev–Trinajstić information content (AvgIpc) is 1.73. The minimum Gasteiger partial charge on any atom is -0.311 e. The first kappa shape index (κ1) is 47.6. The Hall–Kier alpha value is -11.0. The van der Waals surface area contributed by atoms with E-state index in [0.717, 1.165) is 39.5 Å². The lowest BCUT2D eigenvalue weighted by atomic mass is 9.33. The van der Waals surface area contributed by atoms with Crippen LogP contribution in [0.25, 0.3) is 49.7 Å². The van der Waals surface area contributed by atoms with Gasteiger partial charge >= 0.3 is 0 Å². The Labute approximate surface area is 495 Å². The molecule has 5 nitrogen and oxygen atoms in total. The standard InChI is InChI=1S/C78H51B2N5/c1-6-24-52(25-7-1)54-28-20-36-59(46-54)84-71-44-22-42-69-77(71)79(63-38-16-18-40-67(63)81(69)56-30-10-3-11-31-56)65-48-61-62-49-66-76(51-74(62)83(73(61)50-75(65)84)58-34-14-5-15-35-58)85(60-37-21-29-55(47-60)53-26-8-2-9-27-53)72-45-23-43-70-78(72)80(66)64-39-17-19-41-68(64)82(70)57-32-12-4-13-33-57/h1-51H. The number of nitrogens with zero attached hydrogens (tertiary/aromatic N) is 5. The maximum Gasteiger partial charge on any atom is 0.252 e. The summed E-state index contributed by atoms with van der Waals surface area (Å²) in [5, 5.41) is 2.43. The third-order valence-corrected chi connectivity index (χ3v) is 18.3. The molecule has 18 rings (SSSR count). The van der Waals surface area contributed by atoms with Crippen LogP contribution in [-0.4, -0.2) is 18.0 Å². The molecule has 14 aromatic rings. The molecule has 1 aromatic heterocycles. The lowest BCUT2D eigenvalue weighted by Gasteiger charge is -2.44. The fourth-order valence-corrected chi connectivity index (χ4v) is 14.8. The highest BCUT2D eigenvalue weighted by atomic mass is 15.2. The van der Waals surface area contributed by atoms with Gasteiger partial charge in [0.25, 0.3) is 13.4 Å². The molecule has 0 fully saturated rings. The van der Waals surface area contributed by atoms with Gasteiger partial charge in [-0.1, -0.05) is 200 Å². The molecular formula is C78H51B2N5. The maximum atomic E-state index is 2.58. The van der Waals surface area contributed by atoms with E-state index in [0.29, 0.717) is 0 Å². The van der Waals surface area contributed by atoms with Crippen molar-refractivity contribution in [3.8, 4) is 27.9 Å². The van der Waals surface area contributed by atoms with E-state index in [1.54, 1.807) is 0 Å². The van der Waals surface area contributed by atoms with Crippen LogP contribution in [-0.2, 0) is 0 Å². The molecule has 0 amide bonds. The SMILES string of the molecule is c1ccc(-c2cccc(N3c4cc5c(cc4B4c6ccccc6N(c6ccccc6)c6cccc3c64)c3cc4c(cc3n5-c3ccccc3)N(c3cccc(-c5ccccc5)c3)c3cccc5c3B4c3ccccc3N5c3ccccc3)c2)cc1. The average molecular weight is 1080 g/mol. The van der Waals surface area contributed by atoms with Gasteiger partial charge in [0, 0.05) is 84.7 Å². The Morgan fingerprint density at radius 2 is 0.506 bits per heavy atom. The van der Waals surface area contributed by atoms with Crippen LogP contribution in [0.3, 0.4) is 0 Å². The Morgan fingerprint density at radius 3 is 0.918 bits per heavy atom. The Morgan fingerprint density at radius 1 is 0.200 bits per heavy atom. The summed E-state index contributed by atoms with van der Waals surface area (Å²) in [5.41, 5.74) is 29.8. The summed E-state index contributed by atoms with van der Waals surface area (Å²) in [6.07, 6.45) is 0. The van der Waals surface area contributed by atoms with Crippen LogP contribution < -0.4 is 52.4 Å². The highest BCUT2D eigenvalue weighted by Crippen LogP contribution is 2.49. The number of rotatable bonds is 7. The van der Waals surface area contributed by atoms with Crippen LogP contribution >= 0.6 is 0 Å². The molecule has 85 heavy (non-hydrogen) atoms. The fourth-order valence-electron chi connectivity index (χ4n) is 14.8. The van der Waals surface area contributed by atoms with Gasteiger partial charge < -0.3 is 24.2 Å². The van der Waals surface area contributed by atoms with Crippen molar-refractivity contribution in [2.24, 2.45) is 0 Å². The van der Waals surface area contributed by atoms with Crippen LogP contribution in [0.5, 0.6) is 0 Å². The normalized spacial score (nSPS) is 13.3. The van der Waals surface area contributed by atoms with Gasteiger partial charge in [-0.2, -0.15) is 0 Å². The second-order valence-electron chi connectivity index (χ2n) is 22.8. The van der Waals surface area contributed by atoms with Crippen molar-refractivity contribution in [1.82, 2.24) is 4.57 Å². The minimum absolute atomic E-state index is 0.0703. The monoisotopic (exact) mass is 1080 g/mol. The number of aromatic nitrogens is 1. The van der Waals surface area contributed by atoms with Crippen molar-refractivity contribution >= 4 is 136 Å².